The van der Waals surface area contributed by atoms with Crippen molar-refractivity contribution in [3.05, 3.63) is 11.8 Å². The molecule has 1 aliphatic carbocycles. The lowest BCUT2D eigenvalue weighted by molar-refractivity contribution is 0.382. The smallest absolute Gasteiger partial charge is 0.241 e. The van der Waals surface area contributed by atoms with E-state index in [4.69, 9.17) is 4.43 Å². The van der Waals surface area contributed by atoms with Crippen LogP contribution in [0.4, 0.5) is 0 Å². The highest BCUT2D eigenvalue weighted by molar-refractivity contribution is 14.1. The third-order valence-electron chi connectivity index (χ3n) is 1.71. The molecule has 0 aliphatic heterocycles. The van der Waals surface area contributed by atoms with Gasteiger partial charge in [-0.15, -0.1) is 0 Å². The molecule has 0 aromatic heterocycles. The Kier molecular flexibility index (Phi) is 3.64. The van der Waals surface area contributed by atoms with E-state index in [1.165, 1.54) is 18.6 Å². The molecule has 0 saturated heterocycles. The Labute approximate surface area is 89.8 Å². The fourth-order valence-electron chi connectivity index (χ4n) is 1.32. The van der Waals surface area contributed by atoms with Gasteiger partial charge in [-0.1, -0.05) is 22.6 Å². The summed E-state index contributed by atoms with van der Waals surface area (Å²) in [4.78, 5) is 0. The van der Waals surface area contributed by atoms with E-state index in [0.717, 1.165) is 6.42 Å². The number of rotatable bonds is 2. The molecule has 1 aliphatic rings. The predicted octanol–water partition coefficient (Wildman–Crippen LogP) is 3.71. The molecule has 3 heteroatoms. The van der Waals surface area contributed by atoms with Crippen LogP contribution in [0.5, 0.6) is 0 Å². The molecule has 0 amide bonds. The molecule has 0 saturated carbocycles. The molecule has 0 radical (unpaired) electrons. The maximum Gasteiger partial charge on any atom is 0.241 e. The average molecular weight is 296 g/mol. The summed E-state index contributed by atoms with van der Waals surface area (Å²) in [5.41, 5.74) is 0. The normalized spacial score (nSPS) is 25.0. The first kappa shape index (κ1) is 10.6. The first-order chi connectivity index (χ1) is 5.47. The van der Waals surface area contributed by atoms with Gasteiger partial charge in [0.1, 0.15) is 0 Å². The summed E-state index contributed by atoms with van der Waals surface area (Å²) in [6.07, 6.45) is 6.06. The van der Waals surface area contributed by atoms with Crippen molar-refractivity contribution in [1.29, 1.82) is 0 Å². The van der Waals surface area contributed by atoms with Crippen LogP contribution < -0.4 is 0 Å². The molecule has 1 atom stereocenters. The second kappa shape index (κ2) is 4.13. The molecule has 1 unspecified atom stereocenters. The minimum Gasteiger partial charge on any atom is -0.548 e. The van der Waals surface area contributed by atoms with Crippen molar-refractivity contribution in [2.24, 2.45) is 0 Å². The fraction of sp³-hybridized carbons (Fsp3) is 0.778. The second-order valence-corrected chi connectivity index (χ2v) is 10.3. The summed E-state index contributed by atoms with van der Waals surface area (Å²) < 4.78 is 6.64. The van der Waals surface area contributed by atoms with Gasteiger partial charge in [0.15, 0.2) is 0 Å². The molecule has 1 rings (SSSR count). The first-order valence-electron chi connectivity index (χ1n) is 4.51. The van der Waals surface area contributed by atoms with Crippen molar-refractivity contribution in [3.63, 3.8) is 0 Å². The van der Waals surface area contributed by atoms with Crippen molar-refractivity contribution in [1.82, 2.24) is 0 Å². The van der Waals surface area contributed by atoms with Crippen LogP contribution in [0.1, 0.15) is 19.3 Å². The Hall–Kier alpha value is 0.487. The zero-order valence-corrected chi connectivity index (χ0v) is 11.2. The lowest BCUT2D eigenvalue weighted by Gasteiger charge is -2.25. The van der Waals surface area contributed by atoms with Gasteiger partial charge >= 0.3 is 0 Å². The van der Waals surface area contributed by atoms with Crippen LogP contribution in [0, 0.1) is 0 Å². The van der Waals surface area contributed by atoms with E-state index in [2.05, 4.69) is 48.3 Å². The first-order valence-corrected chi connectivity index (χ1v) is 9.16. The summed E-state index contributed by atoms with van der Waals surface area (Å²) >= 11 is 2.48. The van der Waals surface area contributed by atoms with Gasteiger partial charge in [0.05, 0.1) is 5.76 Å². The minimum absolute atomic E-state index is 0.697. The number of halogens is 1. The van der Waals surface area contributed by atoms with Gasteiger partial charge in [0.2, 0.25) is 8.32 Å². The van der Waals surface area contributed by atoms with Crippen LogP contribution in [-0.2, 0) is 4.43 Å². The molecule has 70 valence electrons. The van der Waals surface area contributed by atoms with Crippen LogP contribution in [0.3, 0.4) is 0 Å². The van der Waals surface area contributed by atoms with Gasteiger partial charge in [-0.25, -0.2) is 0 Å². The van der Waals surface area contributed by atoms with Gasteiger partial charge < -0.3 is 4.43 Å². The maximum atomic E-state index is 5.94. The third-order valence-corrected chi connectivity index (χ3v) is 3.56. The van der Waals surface area contributed by atoms with Gasteiger partial charge in [-0.2, -0.15) is 0 Å². The molecular formula is C9H17IOSi. The highest BCUT2D eigenvalue weighted by atomic mass is 127. The largest absolute Gasteiger partial charge is 0.548 e. The summed E-state index contributed by atoms with van der Waals surface area (Å²) in [6.45, 7) is 6.72. The minimum atomic E-state index is -1.35. The lowest BCUT2D eigenvalue weighted by Crippen LogP contribution is -2.26. The van der Waals surface area contributed by atoms with E-state index < -0.39 is 8.32 Å². The molecule has 1 nitrogen and oxygen atoms in total. The van der Waals surface area contributed by atoms with Crippen molar-refractivity contribution >= 4 is 30.9 Å². The van der Waals surface area contributed by atoms with E-state index in [9.17, 15) is 0 Å². The monoisotopic (exact) mass is 296 g/mol. The van der Waals surface area contributed by atoms with E-state index in [-0.39, 0.29) is 0 Å². The van der Waals surface area contributed by atoms with E-state index >= 15 is 0 Å². The number of hydrogen-bond donors (Lipinski definition) is 0. The number of allylic oxidation sites excluding steroid dienone is 2. The van der Waals surface area contributed by atoms with Crippen molar-refractivity contribution in [3.8, 4) is 0 Å². The Morgan fingerprint density at radius 2 is 2.17 bits per heavy atom. The topological polar surface area (TPSA) is 9.23 Å². The van der Waals surface area contributed by atoms with Crippen LogP contribution in [-0.4, -0.2) is 12.2 Å². The summed E-state index contributed by atoms with van der Waals surface area (Å²) in [5.74, 6) is 1.25. The Morgan fingerprint density at radius 3 is 2.67 bits per heavy atom. The van der Waals surface area contributed by atoms with E-state index in [1.54, 1.807) is 0 Å². The zero-order valence-electron chi connectivity index (χ0n) is 8.06. The highest BCUT2D eigenvalue weighted by Gasteiger charge is 2.20. The molecule has 0 heterocycles. The van der Waals surface area contributed by atoms with Gasteiger partial charge in [-0.05, 0) is 38.6 Å². The average Bonchev–Trinajstić information content (AvgIpc) is 1.82. The Balaban J connectivity index is 2.52. The van der Waals surface area contributed by atoms with E-state index in [0.29, 0.717) is 3.92 Å². The summed E-state index contributed by atoms with van der Waals surface area (Å²) in [5, 5.41) is 0. The van der Waals surface area contributed by atoms with Crippen molar-refractivity contribution < 1.29 is 4.43 Å². The molecule has 12 heavy (non-hydrogen) atoms. The molecule has 0 aromatic carbocycles. The predicted molar refractivity (Wildman–Crippen MR) is 64.2 cm³/mol. The van der Waals surface area contributed by atoms with Crippen molar-refractivity contribution in [2.45, 2.75) is 42.8 Å². The third kappa shape index (κ3) is 3.94. The maximum absolute atomic E-state index is 5.94. The van der Waals surface area contributed by atoms with E-state index in [1.807, 2.05) is 0 Å². The fourth-order valence-corrected chi connectivity index (χ4v) is 3.12. The molecule has 0 aromatic rings. The summed E-state index contributed by atoms with van der Waals surface area (Å²) in [6, 6.07) is 0. The van der Waals surface area contributed by atoms with Crippen LogP contribution in [0.25, 0.3) is 0 Å². The highest BCUT2D eigenvalue weighted by Crippen LogP contribution is 2.26. The molecule has 0 spiro atoms. The second-order valence-electron chi connectivity index (χ2n) is 4.26. The lowest BCUT2D eigenvalue weighted by atomic mass is 10.1. The number of alkyl halides is 1. The quantitative estimate of drug-likeness (QED) is 0.429. The van der Waals surface area contributed by atoms with Crippen LogP contribution in [0.2, 0.25) is 19.6 Å². The van der Waals surface area contributed by atoms with Crippen LogP contribution in [0.15, 0.2) is 11.8 Å². The Morgan fingerprint density at radius 1 is 1.50 bits per heavy atom. The molecule has 0 fully saturated rings. The van der Waals surface area contributed by atoms with Crippen LogP contribution >= 0.6 is 22.6 Å². The molecule has 0 N–H and O–H groups in total. The molecular weight excluding hydrogens is 279 g/mol. The summed E-state index contributed by atoms with van der Waals surface area (Å²) in [7, 11) is -1.35. The van der Waals surface area contributed by atoms with Gasteiger partial charge in [-0.3, -0.25) is 0 Å². The van der Waals surface area contributed by atoms with Gasteiger partial charge in [0, 0.05) is 10.3 Å². The van der Waals surface area contributed by atoms with Gasteiger partial charge in [0.25, 0.3) is 0 Å². The Bertz CT molecular complexity index is 183. The zero-order chi connectivity index (χ0) is 9.19. The standard InChI is InChI=1S/C9H17IOSi/c1-12(2,3)11-9-6-4-5-8(10)7-9/h7-8H,4-6H2,1-3H3. The SMILES string of the molecule is C[Si](C)(C)OC1=CC(I)CCC1. The molecule has 0 bridgehead atoms. The number of hydrogen-bond acceptors (Lipinski definition) is 1. The van der Waals surface area contributed by atoms with Crippen molar-refractivity contribution in [2.75, 3.05) is 0 Å².